The summed E-state index contributed by atoms with van der Waals surface area (Å²) in [6, 6.07) is 6.15. The molecule has 1 amide bonds. The normalized spacial score (nSPS) is 10.9. The highest BCUT2D eigenvalue weighted by molar-refractivity contribution is 8.13. The minimum atomic E-state index is -3.67. The molecule has 0 aromatic heterocycles. The molecule has 0 aliphatic carbocycles. The number of amides is 1. The molecule has 0 bridgehead atoms. The second kappa shape index (κ2) is 5.88. The van der Waals surface area contributed by atoms with Crippen LogP contribution in [0.4, 0.5) is 4.79 Å². The lowest BCUT2D eigenvalue weighted by Gasteiger charge is -2.04. The van der Waals surface area contributed by atoms with Gasteiger partial charge in [-0.15, -0.1) is 0 Å². The van der Waals surface area contributed by atoms with E-state index in [1.807, 2.05) is 0 Å². The molecule has 0 spiro atoms. The van der Waals surface area contributed by atoms with Crippen LogP contribution in [0.15, 0.2) is 29.2 Å². The summed E-state index contributed by atoms with van der Waals surface area (Å²) < 4.78 is 26.4. The molecule has 5 nitrogen and oxygen atoms in total. The number of rotatable bonds is 4. The summed E-state index contributed by atoms with van der Waals surface area (Å²) in [7, 11) is 2.79. The molecule has 0 radical (unpaired) electrons. The van der Waals surface area contributed by atoms with Crippen LogP contribution in [0.3, 0.4) is 0 Å². The molecular weight excluding hydrogens is 266 g/mol. The lowest BCUT2D eigenvalue weighted by molar-refractivity contribution is 0.171. The largest absolute Gasteiger partial charge is 0.453 e. The number of benzene rings is 1. The molecule has 0 aliphatic heterocycles. The van der Waals surface area contributed by atoms with Gasteiger partial charge in [-0.3, -0.25) is 0 Å². The van der Waals surface area contributed by atoms with Crippen molar-refractivity contribution in [1.82, 2.24) is 5.32 Å². The third kappa shape index (κ3) is 4.62. The number of alkyl carbamates (subject to hydrolysis) is 1. The maximum Gasteiger partial charge on any atom is 0.406 e. The SMILES string of the molecule is COC(=O)NCCc1ccc(S(=O)(=O)Cl)cc1. The van der Waals surface area contributed by atoms with E-state index in [4.69, 9.17) is 10.7 Å². The Kier molecular flexibility index (Phi) is 4.77. The van der Waals surface area contributed by atoms with Crippen molar-refractivity contribution in [3.8, 4) is 0 Å². The number of methoxy groups -OCH3 is 1. The second-order valence-corrected chi connectivity index (χ2v) is 5.82. The average molecular weight is 278 g/mol. The van der Waals surface area contributed by atoms with Gasteiger partial charge in [-0.25, -0.2) is 13.2 Å². The Morgan fingerprint density at radius 1 is 1.35 bits per heavy atom. The molecule has 1 rings (SSSR count). The van der Waals surface area contributed by atoms with E-state index in [1.54, 1.807) is 12.1 Å². The molecule has 0 saturated heterocycles. The minimum Gasteiger partial charge on any atom is -0.453 e. The predicted octanol–water partition coefficient (Wildman–Crippen LogP) is 1.51. The van der Waals surface area contributed by atoms with Crippen LogP contribution in [0.5, 0.6) is 0 Å². The van der Waals surface area contributed by atoms with Gasteiger partial charge < -0.3 is 10.1 Å². The van der Waals surface area contributed by atoms with E-state index in [0.717, 1.165) is 5.56 Å². The van der Waals surface area contributed by atoms with Gasteiger partial charge in [0.1, 0.15) is 0 Å². The smallest absolute Gasteiger partial charge is 0.406 e. The number of nitrogens with one attached hydrogen (secondary N) is 1. The number of ether oxygens (including phenoxy) is 1. The summed E-state index contributed by atoms with van der Waals surface area (Å²) >= 11 is 0. The predicted molar refractivity (Wildman–Crippen MR) is 63.6 cm³/mol. The number of halogens is 1. The molecule has 94 valence electrons. The minimum absolute atomic E-state index is 0.0591. The highest BCUT2D eigenvalue weighted by Gasteiger charge is 2.08. The molecule has 1 aromatic carbocycles. The summed E-state index contributed by atoms with van der Waals surface area (Å²) in [6.45, 7) is 0.416. The first-order valence-corrected chi connectivity index (χ1v) is 7.10. The lowest BCUT2D eigenvalue weighted by Crippen LogP contribution is -2.25. The Bertz CT molecular complexity index is 484. The average Bonchev–Trinajstić information content (AvgIpc) is 2.28. The standard InChI is InChI=1S/C10H12ClNO4S/c1-16-10(13)12-7-6-8-2-4-9(5-3-8)17(11,14)15/h2-5H,6-7H2,1H3,(H,12,13). The first-order valence-electron chi connectivity index (χ1n) is 4.79. The van der Waals surface area contributed by atoms with Gasteiger partial charge in [0, 0.05) is 17.2 Å². The Morgan fingerprint density at radius 2 is 1.94 bits per heavy atom. The van der Waals surface area contributed by atoms with E-state index in [-0.39, 0.29) is 4.90 Å². The molecule has 0 fully saturated rings. The van der Waals surface area contributed by atoms with E-state index in [9.17, 15) is 13.2 Å². The number of hydrogen-bond donors (Lipinski definition) is 1. The monoisotopic (exact) mass is 277 g/mol. The van der Waals surface area contributed by atoms with E-state index < -0.39 is 15.1 Å². The van der Waals surface area contributed by atoms with Crippen molar-refractivity contribution in [2.45, 2.75) is 11.3 Å². The summed E-state index contributed by atoms with van der Waals surface area (Å²) in [4.78, 5) is 10.8. The Labute approximate surface area is 104 Å². The fraction of sp³-hybridized carbons (Fsp3) is 0.300. The fourth-order valence-corrected chi connectivity index (χ4v) is 1.97. The second-order valence-electron chi connectivity index (χ2n) is 3.25. The maximum absolute atomic E-state index is 11.0. The van der Waals surface area contributed by atoms with Crippen LogP contribution in [0.25, 0.3) is 0 Å². The van der Waals surface area contributed by atoms with Crippen LogP contribution >= 0.6 is 10.7 Å². The number of carbonyl (C=O) groups is 1. The van der Waals surface area contributed by atoms with Crippen LogP contribution in [0.2, 0.25) is 0 Å². The first-order chi connectivity index (χ1) is 7.93. The fourth-order valence-electron chi connectivity index (χ4n) is 1.20. The van der Waals surface area contributed by atoms with Gasteiger partial charge in [-0.1, -0.05) is 12.1 Å². The van der Waals surface area contributed by atoms with Crippen molar-refractivity contribution in [2.75, 3.05) is 13.7 Å². The van der Waals surface area contributed by atoms with Crippen molar-refractivity contribution in [2.24, 2.45) is 0 Å². The van der Waals surface area contributed by atoms with Gasteiger partial charge in [0.05, 0.1) is 12.0 Å². The van der Waals surface area contributed by atoms with Crippen LogP contribution in [-0.2, 0) is 20.2 Å². The van der Waals surface area contributed by atoms with Crippen molar-refractivity contribution in [3.63, 3.8) is 0 Å². The maximum atomic E-state index is 11.0. The van der Waals surface area contributed by atoms with Gasteiger partial charge >= 0.3 is 6.09 Å². The topological polar surface area (TPSA) is 72.5 Å². The summed E-state index contributed by atoms with van der Waals surface area (Å²) in [6.07, 6.45) is 0.0857. The Hall–Kier alpha value is -1.27. The third-order valence-corrected chi connectivity index (χ3v) is 3.44. The van der Waals surface area contributed by atoms with E-state index in [1.165, 1.54) is 19.2 Å². The zero-order chi connectivity index (χ0) is 12.9. The lowest BCUT2D eigenvalue weighted by atomic mass is 10.1. The molecule has 0 unspecified atom stereocenters. The highest BCUT2D eigenvalue weighted by Crippen LogP contribution is 2.15. The van der Waals surface area contributed by atoms with E-state index in [0.29, 0.717) is 13.0 Å². The highest BCUT2D eigenvalue weighted by atomic mass is 35.7. The number of carbonyl (C=O) groups excluding carboxylic acids is 1. The van der Waals surface area contributed by atoms with Crippen molar-refractivity contribution < 1.29 is 17.9 Å². The molecule has 1 N–H and O–H groups in total. The zero-order valence-corrected chi connectivity index (χ0v) is 10.7. The molecular formula is C10H12ClNO4S. The third-order valence-electron chi connectivity index (χ3n) is 2.07. The quantitative estimate of drug-likeness (QED) is 0.847. The number of hydrogen-bond acceptors (Lipinski definition) is 4. The van der Waals surface area contributed by atoms with Crippen molar-refractivity contribution in [3.05, 3.63) is 29.8 Å². The van der Waals surface area contributed by atoms with Gasteiger partial charge in [0.25, 0.3) is 9.05 Å². The van der Waals surface area contributed by atoms with Gasteiger partial charge in [-0.2, -0.15) is 0 Å². The molecule has 1 aromatic rings. The van der Waals surface area contributed by atoms with Crippen molar-refractivity contribution >= 4 is 25.8 Å². The van der Waals surface area contributed by atoms with Gasteiger partial charge in [0.15, 0.2) is 0 Å². The van der Waals surface area contributed by atoms with Crippen LogP contribution in [-0.4, -0.2) is 28.2 Å². The van der Waals surface area contributed by atoms with Crippen LogP contribution < -0.4 is 5.32 Å². The van der Waals surface area contributed by atoms with Crippen molar-refractivity contribution in [1.29, 1.82) is 0 Å². The van der Waals surface area contributed by atoms with Crippen LogP contribution in [0.1, 0.15) is 5.56 Å². The van der Waals surface area contributed by atoms with Gasteiger partial charge in [-0.05, 0) is 24.1 Å². The van der Waals surface area contributed by atoms with E-state index >= 15 is 0 Å². The Balaban J connectivity index is 2.55. The van der Waals surface area contributed by atoms with E-state index in [2.05, 4.69) is 10.1 Å². The van der Waals surface area contributed by atoms with Gasteiger partial charge in [0.2, 0.25) is 0 Å². The first kappa shape index (κ1) is 13.8. The zero-order valence-electron chi connectivity index (χ0n) is 9.14. The molecule has 17 heavy (non-hydrogen) atoms. The molecule has 0 saturated carbocycles. The molecule has 7 heteroatoms. The van der Waals surface area contributed by atoms with Crippen LogP contribution in [0, 0.1) is 0 Å². The summed E-state index contributed by atoms with van der Waals surface area (Å²) in [5.74, 6) is 0. The molecule has 0 heterocycles. The summed E-state index contributed by atoms with van der Waals surface area (Å²) in [5.41, 5.74) is 0.894. The Morgan fingerprint density at radius 3 is 2.41 bits per heavy atom. The molecule has 0 atom stereocenters. The molecule has 0 aliphatic rings. The summed E-state index contributed by atoms with van der Waals surface area (Å²) in [5, 5.41) is 2.52.